The van der Waals surface area contributed by atoms with Gasteiger partial charge in [0.05, 0.1) is 36.0 Å². The average Bonchev–Trinajstić information content (AvgIpc) is 3.30. The molecule has 1 aliphatic heterocycles. The van der Waals surface area contributed by atoms with Crippen LogP contribution in [0.1, 0.15) is 6.42 Å². The van der Waals surface area contributed by atoms with E-state index in [2.05, 4.69) is 10.3 Å². The fourth-order valence-corrected chi connectivity index (χ4v) is 4.13. The van der Waals surface area contributed by atoms with E-state index >= 15 is 0 Å². The van der Waals surface area contributed by atoms with E-state index < -0.39 is 5.92 Å². The molecule has 4 rings (SSSR count). The van der Waals surface area contributed by atoms with E-state index in [1.54, 1.807) is 37.3 Å². The fraction of sp³-hybridized carbons (Fsp3) is 0.250. The Morgan fingerprint density at radius 1 is 1.21 bits per heavy atom. The van der Waals surface area contributed by atoms with E-state index in [1.165, 1.54) is 11.3 Å². The van der Waals surface area contributed by atoms with Crippen molar-refractivity contribution >= 4 is 44.2 Å². The van der Waals surface area contributed by atoms with Crippen molar-refractivity contribution < 1.29 is 19.1 Å². The molecule has 1 unspecified atom stereocenters. The summed E-state index contributed by atoms with van der Waals surface area (Å²) in [6.45, 7) is 0.277. The van der Waals surface area contributed by atoms with Gasteiger partial charge in [-0.1, -0.05) is 23.5 Å². The molecule has 144 valence electrons. The van der Waals surface area contributed by atoms with Gasteiger partial charge in [-0.25, -0.2) is 4.98 Å². The second-order valence-corrected chi connectivity index (χ2v) is 7.45. The second-order valence-electron chi connectivity index (χ2n) is 6.42. The number of anilines is 2. The lowest BCUT2D eigenvalue weighted by Crippen LogP contribution is -2.28. The third-order valence-electron chi connectivity index (χ3n) is 4.70. The van der Waals surface area contributed by atoms with E-state index in [0.717, 1.165) is 10.2 Å². The molecule has 28 heavy (non-hydrogen) atoms. The first-order valence-corrected chi connectivity index (χ1v) is 9.59. The van der Waals surface area contributed by atoms with E-state index in [4.69, 9.17) is 9.47 Å². The van der Waals surface area contributed by atoms with Gasteiger partial charge in [0.2, 0.25) is 11.8 Å². The molecule has 0 saturated carbocycles. The van der Waals surface area contributed by atoms with Gasteiger partial charge in [0.15, 0.2) is 5.13 Å². The van der Waals surface area contributed by atoms with Crippen molar-refractivity contribution in [1.82, 2.24) is 4.98 Å². The van der Waals surface area contributed by atoms with Gasteiger partial charge in [0.1, 0.15) is 11.5 Å². The molecule has 1 fully saturated rings. The fourth-order valence-electron chi connectivity index (χ4n) is 3.26. The van der Waals surface area contributed by atoms with Crippen molar-refractivity contribution in [2.24, 2.45) is 5.92 Å². The number of nitrogens with zero attached hydrogens (tertiary/aromatic N) is 2. The van der Waals surface area contributed by atoms with Crippen molar-refractivity contribution in [1.29, 1.82) is 0 Å². The summed E-state index contributed by atoms with van der Waals surface area (Å²) < 4.78 is 11.6. The lowest BCUT2D eigenvalue weighted by atomic mass is 10.1. The summed E-state index contributed by atoms with van der Waals surface area (Å²) >= 11 is 1.42. The lowest BCUT2D eigenvalue weighted by molar-refractivity contribution is -0.122. The number of hydrogen-bond donors (Lipinski definition) is 1. The number of thiazole rings is 1. The highest BCUT2D eigenvalue weighted by atomic mass is 32.1. The first-order chi connectivity index (χ1) is 13.6. The molecule has 0 bridgehead atoms. The summed E-state index contributed by atoms with van der Waals surface area (Å²) in [6.07, 6.45) is 0.136. The van der Waals surface area contributed by atoms with Crippen molar-refractivity contribution in [3.05, 3.63) is 42.5 Å². The molecule has 2 amide bonds. The van der Waals surface area contributed by atoms with Crippen LogP contribution in [-0.2, 0) is 9.59 Å². The van der Waals surface area contributed by atoms with Crippen LogP contribution in [0.2, 0.25) is 0 Å². The van der Waals surface area contributed by atoms with Gasteiger partial charge in [-0.05, 0) is 24.3 Å². The van der Waals surface area contributed by atoms with Crippen LogP contribution in [0, 0.1) is 5.92 Å². The largest absolute Gasteiger partial charge is 0.497 e. The maximum absolute atomic E-state index is 12.7. The third kappa shape index (κ3) is 3.38. The van der Waals surface area contributed by atoms with Gasteiger partial charge in [-0.15, -0.1) is 0 Å². The van der Waals surface area contributed by atoms with Crippen LogP contribution in [-0.4, -0.2) is 37.6 Å². The van der Waals surface area contributed by atoms with E-state index in [9.17, 15) is 9.59 Å². The molecule has 1 aromatic heterocycles. The number of hydrogen-bond acceptors (Lipinski definition) is 6. The molecule has 7 nitrogen and oxygen atoms in total. The molecule has 3 aromatic rings. The Labute approximate surface area is 165 Å². The topological polar surface area (TPSA) is 80.8 Å². The molecule has 8 heteroatoms. The molecule has 0 aliphatic carbocycles. The Balaban J connectivity index is 1.52. The summed E-state index contributed by atoms with van der Waals surface area (Å²) in [5.41, 5.74) is 1.44. The monoisotopic (exact) mass is 397 g/mol. The molecule has 1 aliphatic rings. The molecule has 2 heterocycles. The highest BCUT2D eigenvalue weighted by Gasteiger charge is 2.36. The predicted molar refractivity (Wildman–Crippen MR) is 108 cm³/mol. The SMILES string of the molecule is COc1ccc(OC)c(N2CC(C(=O)Nc3nc4ccccc4s3)CC2=O)c1. The Bertz CT molecular complexity index is 1020. The standard InChI is InChI=1S/C20H19N3O4S/c1-26-13-7-8-16(27-2)15(10-13)23-11-12(9-18(23)24)19(25)22-20-21-14-5-3-4-6-17(14)28-20/h3-8,10,12H,9,11H2,1-2H3,(H,21,22,25). The molecule has 0 radical (unpaired) electrons. The van der Waals surface area contributed by atoms with E-state index in [1.807, 2.05) is 24.3 Å². The zero-order valence-electron chi connectivity index (χ0n) is 15.5. The maximum atomic E-state index is 12.7. The number of carbonyl (C=O) groups is 2. The summed E-state index contributed by atoms with van der Waals surface area (Å²) in [5.74, 6) is 0.371. The third-order valence-corrected chi connectivity index (χ3v) is 5.65. The number of nitrogens with one attached hydrogen (secondary N) is 1. The maximum Gasteiger partial charge on any atom is 0.231 e. The van der Waals surface area contributed by atoms with Gasteiger partial charge >= 0.3 is 0 Å². The molecule has 1 N–H and O–H groups in total. The molecule has 1 saturated heterocycles. The summed E-state index contributed by atoms with van der Waals surface area (Å²) in [7, 11) is 3.11. The van der Waals surface area contributed by atoms with Crippen LogP contribution in [0.3, 0.4) is 0 Å². The van der Waals surface area contributed by atoms with Crippen molar-refractivity contribution in [2.45, 2.75) is 6.42 Å². The molecule has 2 aromatic carbocycles. The second kappa shape index (κ2) is 7.47. The number of ether oxygens (including phenoxy) is 2. The number of amides is 2. The Morgan fingerprint density at radius 2 is 2.04 bits per heavy atom. The Kier molecular flexibility index (Phi) is 4.87. The number of fused-ring (bicyclic) bond motifs is 1. The Hall–Kier alpha value is -3.13. The van der Waals surface area contributed by atoms with Gasteiger partial charge in [-0.3, -0.25) is 9.59 Å². The zero-order chi connectivity index (χ0) is 19.7. The molecular weight excluding hydrogens is 378 g/mol. The van der Waals surface area contributed by atoms with Crippen LogP contribution in [0.25, 0.3) is 10.2 Å². The van der Waals surface area contributed by atoms with Gasteiger partial charge in [0, 0.05) is 19.0 Å². The Morgan fingerprint density at radius 3 is 2.79 bits per heavy atom. The number of benzene rings is 2. The number of aromatic nitrogens is 1. The number of methoxy groups -OCH3 is 2. The van der Waals surface area contributed by atoms with Gasteiger partial charge in [-0.2, -0.15) is 0 Å². The smallest absolute Gasteiger partial charge is 0.231 e. The van der Waals surface area contributed by atoms with Crippen molar-refractivity contribution in [3.8, 4) is 11.5 Å². The van der Waals surface area contributed by atoms with Crippen LogP contribution in [0.5, 0.6) is 11.5 Å². The quantitative estimate of drug-likeness (QED) is 0.714. The number of para-hydroxylation sites is 1. The van der Waals surface area contributed by atoms with Crippen LogP contribution in [0.4, 0.5) is 10.8 Å². The van der Waals surface area contributed by atoms with E-state index in [0.29, 0.717) is 22.3 Å². The predicted octanol–water partition coefficient (Wildman–Crippen LogP) is 3.31. The minimum atomic E-state index is -0.463. The average molecular weight is 397 g/mol. The first kappa shape index (κ1) is 18.2. The normalized spacial score (nSPS) is 16.4. The minimum absolute atomic E-state index is 0.129. The highest BCUT2D eigenvalue weighted by molar-refractivity contribution is 7.22. The summed E-state index contributed by atoms with van der Waals surface area (Å²) in [6, 6.07) is 12.9. The molecule has 0 spiro atoms. The summed E-state index contributed by atoms with van der Waals surface area (Å²) in [5, 5.41) is 3.39. The van der Waals surface area contributed by atoms with Crippen molar-refractivity contribution in [2.75, 3.05) is 31.0 Å². The van der Waals surface area contributed by atoms with E-state index in [-0.39, 0.29) is 24.8 Å². The molecular formula is C20H19N3O4S. The minimum Gasteiger partial charge on any atom is -0.497 e. The van der Waals surface area contributed by atoms with Crippen molar-refractivity contribution in [3.63, 3.8) is 0 Å². The van der Waals surface area contributed by atoms with Crippen LogP contribution in [0.15, 0.2) is 42.5 Å². The molecule has 1 atom stereocenters. The zero-order valence-corrected chi connectivity index (χ0v) is 16.3. The summed E-state index contributed by atoms with van der Waals surface area (Å²) in [4.78, 5) is 31.3. The van der Waals surface area contributed by atoms with Crippen LogP contribution < -0.4 is 19.7 Å². The number of rotatable bonds is 5. The lowest BCUT2D eigenvalue weighted by Gasteiger charge is -2.20. The highest BCUT2D eigenvalue weighted by Crippen LogP contribution is 2.36. The number of carbonyl (C=O) groups excluding carboxylic acids is 2. The first-order valence-electron chi connectivity index (χ1n) is 8.78. The van der Waals surface area contributed by atoms with Gasteiger partial charge < -0.3 is 19.7 Å². The van der Waals surface area contributed by atoms with Gasteiger partial charge in [0.25, 0.3) is 0 Å². The van der Waals surface area contributed by atoms with Crippen LogP contribution >= 0.6 is 11.3 Å².